The Morgan fingerprint density at radius 1 is 0.946 bits per heavy atom. The largest absolute Gasteiger partial charge is 0.372 e. The molecule has 1 N–H and O–H groups in total. The minimum Gasteiger partial charge on any atom is -0.372 e. The molecule has 4 heterocycles. The monoisotopic (exact) mass is 510 g/mol. The molecule has 4 aromatic rings. The zero-order valence-electron chi connectivity index (χ0n) is 21.9. The average molecular weight is 511 g/mol. The van der Waals surface area contributed by atoms with E-state index in [0.29, 0.717) is 6.54 Å². The van der Waals surface area contributed by atoms with Crippen LogP contribution in [0.5, 0.6) is 0 Å². The van der Waals surface area contributed by atoms with Crippen molar-refractivity contribution in [3.05, 3.63) is 107 Å². The molecule has 0 amide bonds. The number of benzene rings is 1. The van der Waals surface area contributed by atoms with Crippen LogP contribution >= 0.6 is 12.2 Å². The van der Waals surface area contributed by atoms with E-state index in [0.717, 1.165) is 23.9 Å². The molecule has 0 aliphatic carbocycles. The predicted molar refractivity (Wildman–Crippen MR) is 154 cm³/mol. The second-order valence-corrected chi connectivity index (χ2v) is 9.85. The van der Waals surface area contributed by atoms with Gasteiger partial charge in [0.05, 0.1) is 17.8 Å². The maximum Gasteiger partial charge on any atom is 0.170 e. The summed E-state index contributed by atoms with van der Waals surface area (Å²) >= 11 is 5.89. The molecule has 0 unspecified atom stereocenters. The number of pyridine rings is 2. The minimum absolute atomic E-state index is 0.00506. The number of nitrogens with zero attached hydrogens (tertiary/aromatic N) is 5. The van der Waals surface area contributed by atoms with E-state index in [9.17, 15) is 0 Å². The Hall–Kier alpha value is -3.71. The molecule has 1 aromatic carbocycles. The van der Waals surface area contributed by atoms with Crippen LogP contribution in [0.15, 0.2) is 79.3 Å². The Kier molecular flexibility index (Phi) is 7.24. The third-order valence-corrected chi connectivity index (χ3v) is 7.68. The van der Waals surface area contributed by atoms with Crippen LogP contribution in [-0.2, 0) is 6.54 Å². The quantitative estimate of drug-likeness (QED) is 0.298. The van der Waals surface area contributed by atoms with Crippen molar-refractivity contribution in [2.75, 3.05) is 18.0 Å². The molecule has 1 aliphatic rings. The molecule has 1 fully saturated rings. The summed E-state index contributed by atoms with van der Waals surface area (Å²) in [6.07, 6.45) is 5.52. The Labute approximate surface area is 225 Å². The second kappa shape index (κ2) is 10.7. The van der Waals surface area contributed by atoms with Crippen LogP contribution in [-0.4, -0.2) is 37.6 Å². The van der Waals surface area contributed by atoms with Gasteiger partial charge in [-0.1, -0.05) is 6.07 Å². The molecular formula is C30H34N6S. The van der Waals surface area contributed by atoms with Crippen molar-refractivity contribution >= 4 is 23.0 Å². The van der Waals surface area contributed by atoms with Gasteiger partial charge in [-0.05, 0) is 106 Å². The topological polar surface area (TPSA) is 49.2 Å². The Bertz CT molecular complexity index is 1350. The van der Waals surface area contributed by atoms with Crippen molar-refractivity contribution in [1.82, 2.24) is 24.8 Å². The zero-order valence-corrected chi connectivity index (χ0v) is 22.7. The molecule has 3 aromatic heterocycles. The van der Waals surface area contributed by atoms with Crippen LogP contribution in [0.1, 0.15) is 54.1 Å². The van der Waals surface area contributed by atoms with Crippen molar-refractivity contribution in [3.63, 3.8) is 0 Å². The van der Waals surface area contributed by atoms with Crippen LogP contribution in [0.4, 0.5) is 5.69 Å². The van der Waals surface area contributed by atoms with Gasteiger partial charge in [0, 0.05) is 61.0 Å². The SMILES string of the molecule is CCN(CC)c1ccc(-n2c(C)cc([C@H]3[C@H](c4ccccn4)NC(=S)N3Cc3ccncc3)c2C)cc1. The lowest BCUT2D eigenvalue weighted by Gasteiger charge is -2.28. The Morgan fingerprint density at radius 3 is 2.32 bits per heavy atom. The molecular weight excluding hydrogens is 476 g/mol. The van der Waals surface area contributed by atoms with Gasteiger partial charge in [0.1, 0.15) is 0 Å². The number of aromatic nitrogens is 3. The Balaban J connectivity index is 1.56. The number of nitrogens with one attached hydrogen (secondary N) is 1. The van der Waals surface area contributed by atoms with Crippen LogP contribution in [0.3, 0.4) is 0 Å². The van der Waals surface area contributed by atoms with Gasteiger partial charge >= 0.3 is 0 Å². The fraction of sp³-hybridized carbons (Fsp3) is 0.300. The van der Waals surface area contributed by atoms with Crippen LogP contribution in [0, 0.1) is 13.8 Å². The first-order valence-electron chi connectivity index (χ1n) is 12.9. The lowest BCUT2D eigenvalue weighted by molar-refractivity contribution is 0.310. The first-order valence-corrected chi connectivity index (χ1v) is 13.3. The molecule has 6 nitrogen and oxygen atoms in total. The first kappa shape index (κ1) is 25.0. The lowest BCUT2D eigenvalue weighted by atomic mass is 9.96. The van der Waals surface area contributed by atoms with Crippen molar-refractivity contribution in [2.24, 2.45) is 0 Å². The standard InChI is InChI=1S/C30H34N6S/c1-5-34(6-2)24-10-12-25(13-11-24)36-21(3)19-26(22(36)4)29-28(27-9-7-8-16-32-27)33-30(37)35(29)20-23-14-17-31-18-15-23/h7-19,28-29H,5-6,20H2,1-4H3,(H,33,37)/t28-,29-/m0/s1. The molecule has 1 aliphatic heterocycles. The summed E-state index contributed by atoms with van der Waals surface area (Å²) in [6.45, 7) is 11.5. The van der Waals surface area contributed by atoms with Gasteiger partial charge in [-0.25, -0.2) is 0 Å². The number of hydrogen-bond acceptors (Lipinski definition) is 4. The number of anilines is 1. The maximum absolute atomic E-state index is 5.89. The molecule has 0 spiro atoms. The van der Waals surface area contributed by atoms with Gasteiger partial charge in [-0.2, -0.15) is 0 Å². The summed E-state index contributed by atoms with van der Waals surface area (Å²) in [7, 11) is 0. The van der Waals surface area contributed by atoms with Crippen molar-refractivity contribution in [3.8, 4) is 5.69 Å². The highest BCUT2D eigenvalue weighted by Crippen LogP contribution is 2.42. The summed E-state index contributed by atoms with van der Waals surface area (Å²) in [6, 6.07) is 21.3. The van der Waals surface area contributed by atoms with Crippen molar-refractivity contribution in [2.45, 2.75) is 46.3 Å². The third-order valence-electron chi connectivity index (χ3n) is 7.33. The molecule has 2 atom stereocenters. The van der Waals surface area contributed by atoms with Gasteiger partial charge in [-0.3, -0.25) is 9.97 Å². The van der Waals surface area contributed by atoms with Crippen molar-refractivity contribution < 1.29 is 0 Å². The van der Waals surface area contributed by atoms with Gasteiger partial charge in [0.25, 0.3) is 0 Å². The molecule has 190 valence electrons. The average Bonchev–Trinajstić information content (AvgIpc) is 3.40. The van der Waals surface area contributed by atoms with E-state index in [4.69, 9.17) is 17.2 Å². The fourth-order valence-corrected chi connectivity index (χ4v) is 5.79. The van der Waals surface area contributed by atoms with E-state index >= 15 is 0 Å². The summed E-state index contributed by atoms with van der Waals surface area (Å²) in [4.78, 5) is 13.5. The van der Waals surface area contributed by atoms with Crippen LogP contribution < -0.4 is 10.2 Å². The van der Waals surface area contributed by atoms with E-state index in [1.54, 1.807) is 0 Å². The Morgan fingerprint density at radius 2 is 1.68 bits per heavy atom. The highest BCUT2D eigenvalue weighted by molar-refractivity contribution is 7.80. The normalized spacial score (nSPS) is 17.2. The summed E-state index contributed by atoms with van der Waals surface area (Å²) in [5.41, 5.74) is 8.24. The van der Waals surface area contributed by atoms with Gasteiger partial charge < -0.3 is 19.7 Å². The second-order valence-electron chi connectivity index (χ2n) is 9.46. The zero-order chi connectivity index (χ0) is 25.9. The highest BCUT2D eigenvalue weighted by Gasteiger charge is 2.41. The lowest BCUT2D eigenvalue weighted by Crippen LogP contribution is -2.29. The molecule has 0 bridgehead atoms. The van der Waals surface area contributed by atoms with E-state index in [2.05, 4.69) is 101 Å². The third kappa shape index (κ3) is 4.83. The minimum atomic E-state index is -0.0467. The maximum atomic E-state index is 5.89. The van der Waals surface area contributed by atoms with Gasteiger partial charge in [0.15, 0.2) is 5.11 Å². The summed E-state index contributed by atoms with van der Waals surface area (Å²) in [5.74, 6) is 0. The van der Waals surface area contributed by atoms with E-state index in [-0.39, 0.29) is 12.1 Å². The fourth-order valence-electron chi connectivity index (χ4n) is 5.48. The number of hydrogen-bond donors (Lipinski definition) is 1. The summed E-state index contributed by atoms with van der Waals surface area (Å²) in [5, 5.41) is 4.32. The molecule has 0 radical (unpaired) electrons. The van der Waals surface area contributed by atoms with Gasteiger partial charge in [0.2, 0.25) is 0 Å². The molecule has 7 heteroatoms. The molecule has 5 rings (SSSR count). The van der Waals surface area contributed by atoms with Crippen LogP contribution in [0.25, 0.3) is 5.69 Å². The summed E-state index contributed by atoms with van der Waals surface area (Å²) < 4.78 is 2.35. The molecule has 37 heavy (non-hydrogen) atoms. The smallest absolute Gasteiger partial charge is 0.170 e. The van der Waals surface area contributed by atoms with Crippen LogP contribution in [0.2, 0.25) is 0 Å². The number of thiocarbonyl (C=S) groups is 1. The van der Waals surface area contributed by atoms with E-state index in [1.165, 1.54) is 33.9 Å². The van der Waals surface area contributed by atoms with Gasteiger partial charge in [-0.15, -0.1) is 0 Å². The number of aryl methyl sites for hydroxylation is 1. The molecule has 0 saturated carbocycles. The van der Waals surface area contributed by atoms with Crippen molar-refractivity contribution in [1.29, 1.82) is 0 Å². The predicted octanol–water partition coefficient (Wildman–Crippen LogP) is 5.90. The highest BCUT2D eigenvalue weighted by atomic mass is 32.1. The van der Waals surface area contributed by atoms with E-state index < -0.39 is 0 Å². The first-order chi connectivity index (χ1) is 18.0. The number of rotatable bonds is 8. The molecule has 1 saturated heterocycles. The van der Waals surface area contributed by atoms with E-state index in [1.807, 2.05) is 30.7 Å².